The molecule has 3 heteroatoms. The molecule has 0 amide bonds. The average Bonchev–Trinajstić information content (AvgIpc) is 2.74. The first-order valence-electron chi connectivity index (χ1n) is 5.88. The Balaban J connectivity index is 1.86. The van der Waals surface area contributed by atoms with Crippen molar-refractivity contribution in [2.45, 2.75) is 39.3 Å². The highest BCUT2D eigenvalue weighted by Crippen LogP contribution is 2.31. The van der Waals surface area contributed by atoms with Crippen LogP contribution in [0.5, 0.6) is 0 Å². The summed E-state index contributed by atoms with van der Waals surface area (Å²) in [5, 5.41) is 3.62. The SMILES string of the molecule is CC1CCC(NCc2nccn2C)C1C. The minimum atomic E-state index is 0.678. The highest BCUT2D eigenvalue weighted by molar-refractivity contribution is 4.93. The Bertz CT molecular complexity index is 318. The van der Waals surface area contributed by atoms with Crippen LogP contribution in [0.15, 0.2) is 12.4 Å². The topological polar surface area (TPSA) is 29.9 Å². The number of aromatic nitrogens is 2. The summed E-state index contributed by atoms with van der Waals surface area (Å²) < 4.78 is 2.08. The highest BCUT2D eigenvalue weighted by atomic mass is 15.1. The van der Waals surface area contributed by atoms with Crippen LogP contribution in [0.25, 0.3) is 0 Å². The molecule has 0 aliphatic heterocycles. The van der Waals surface area contributed by atoms with Gasteiger partial charge in [0.15, 0.2) is 0 Å². The van der Waals surface area contributed by atoms with Gasteiger partial charge in [-0.25, -0.2) is 4.98 Å². The van der Waals surface area contributed by atoms with Crippen LogP contribution in [0.1, 0.15) is 32.5 Å². The first kappa shape index (κ1) is 10.7. The largest absolute Gasteiger partial charge is 0.337 e. The van der Waals surface area contributed by atoms with Crippen LogP contribution in [0.2, 0.25) is 0 Å². The fourth-order valence-electron chi connectivity index (χ4n) is 2.44. The molecule has 0 radical (unpaired) electrons. The fourth-order valence-corrected chi connectivity index (χ4v) is 2.44. The third-order valence-electron chi connectivity index (χ3n) is 3.91. The highest BCUT2D eigenvalue weighted by Gasteiger charge is 2.29. The summed E-state index contributed by atoms with van der Waals surface area (Å²) >= 11 is 0. The van der Waals surface area contributed by atoms with Crippen LogP contribution >= 0.6 is 0 Å². The van der Waals surface area contributed by atoms with Crippen molar-refractivity contribution in [3.8, 4) is 0 Å². The Morgan fingerprint density at radius 3 is 2.80 bits per heavy atom. The maximum absolute atomic E-state index is 4.32. The standard InChI is InChI=1S/C12H21N3/c1-9-4-5-11(10(9)2)14-8-12-13-6-7-15(12)3/h6-7,9-11,14H,4-5,8H2,1-3H3. The molecule has 1 saturated carbocycles. The summed E-state index contributed by atoms with van der Waals surface area (Å²) in [7, 11) is 2.05. The van der Waals surface area contributed by atoms with E-state index in [2.05, 4.69) is 28.7 Å². The molecule has 0 saturated heterocycles. The van der Waals surface area contributed by atoms with E-state index in [-0.39, 0.29) is 0 Å². The second-order valence-electron chi connectivity index (χ2n) is 4.86. The summed E-state index contributed by atoms with van der Waals surface area (Å²) in [6.45, 7) is 5.60. The normalized spacial score (nSPS) is 31.0. The van der Waals surface area contributed by atoms with Crippen molar-refractivity contribution in [1.29, 1.82) is 0 Å². The molecule has 0 aromatic carbocycles. The number of hydrogen-bond donors (Lipinski definition) is 1. The zero-order chi connectivity index (χ0) is 10.8. The lowest BCUT2D eigenvalue weighted by atomic mass is 9.98. The Hall–Kier alpha value is -0.830. The first-order valence-corrected chi connectivity index (χ1v) is 5.88. The summed E-state index contributed by atoms with van der Waals surface area (Å²) in [6, 6.07) is 0.678. The van der Waals surface area contributed by atoms with Crippen LogP contribution in [0.4, 0.5) is 0 Å². The second kappa shape index (κ2) is 4.35. The van der Waals surface area contributed by atoms with Crippen molar-refractivity contribution in [2.75, 3.05) is 0 Å². The molecular formula is C12H21N3. The lowest BCUT2D eigenvalue weighted by Gasteiger charge is -2.19. The molecule has 1 aliphatic rings. The molecular weight excluding hydrogens is 186 g/mol. The van der Waals surface area contributed by atoms with E-state index in [1.807, 2.05) is 19.4 Å². The van der Waals surface area contributed by atoms with Gasteiger partial charge in [0.05, 0.1) is 6.54 Å². The molecule has 1 heterocycles. The first-order chi connectivity index (χ1) is 7.18. The molecule has 0 bridgehead atoms. The summed E-state index contributed by atoms with van der Waals surface area (Å²) in [5.41, 5.74) is 0. The molecule has 2 rings (SSSR count). The van der Waals surface area contributed by atoms with Gasteiger partial charge in [0, 0.05) is 25.5 Å². The predicted octanol–water partition coefficient (Wildman–Crippen LogP) is 1.94. The third-order valence-corrected chi connectivity index (χ3v) is 3.91. The molecule has 3 unspecified atom stereocenters. The van der Waals surface area contributed by atoms with E-state index < -0.39 is 0 Å². The number of rotatable bonds is 3. The lowest BCUT2D eigenvalue weighted by Crippen LogP contribution is -2.32. The number of hydrogen-bond acceptors (Lipinski definition) is 2. The Labute approximate surface area is 91.9 Å². The maximum atomic E-state index is 4.32. The van der Waals surface area contributed by atoms with Crippen LogP contribution in [0.3, 0.4) is 0 Å². The van der Waals surface area contributed by atoms with Crippen LogP contribution in [0, 0.1) is 11.8 Å². The molecule has 1 fully saturated rings. The molecule has 1 aliphatic carbocycles. The maximum Gasteiger partial charge on any atom is 0.122 e. The molecule has 15 heavy (non-hydrogen) atoms. The van der Waals surface area contributed by atoms with Gasteiger partial charge in [-0.2, -0.15) is 0 Å². The number of imidazole rings is 1. The lowest BCUT2D eigenvalue weighted by molar-refractivity contribution is 0.366. The Morgan fingerprint density at radius 2 is 2.27 bits per heavy atom. The molecule has 3 nitrogen and oxygen atoms in total. The van der Waals surface area contributed by atoms with Gasteiger partial charge in [0.1, 0.15) is 5.82 Å². The zero-order valence-electron chi connectivity index (χ0n) is 9.90. The summed E-state index contributed by atoms with van der Waals surface area (Å²) in [5.74, 6) is 2.79. The van der Waals surface area contributed by atoms with Gasteiger partial charge in [0.2, 0.25) is 0 Å². The minimum Gasteiger partial charge on any atom is -0.337 e. The minimum absolute atomic E-state index is 0.678. The predicted molar refractivity (Wildman–Crippen MR) is 61.4 cm³/mol. The molecule has 1 aromatic rings. The average molecular weight is 207 g/mol. The molecule has 1 N–H and O–H groups in total. The summed E-state index contributed by atoms with van der Waals surface area (Å²) in [6.07, 6.45) is 6.53. The van der Waals surface area contributed by atoms with Crippen LogP contribution < -0.4 is 5.32 Å². The molecule has 3 atom stereocenters. The zero-order valence-corrected chi connectivity index (χ0v) is 9.90. The van der Waals surface area contributed by atoms with Gasteiger partial charge >= 0.3 is 0 Å². The molecule has 84 valence electrons. The monoisotopic (exact) mass is 207 g/mol. The molecule has 1 aromatic heterocycles. The third kappa shape index (κ3) is 2.23. The van der Waals surface area contributed by atoms with E-state index in [0.29, 0.717) is 6.04 Å². The van der Waals surface area contributed by atoms with Crippen LogP contribution in [-0.4, -0.2) is 15.6 Å². The van der Waals surface area contributed by atoms with E-state index in [1.165, 1.54) is 12.8 Å². The van der Waals surface area contributed by atoms with Gasteiger partial charge in [-0.15, -0.1) is 0 Å². The van der Waals surface area contributed by atoms with E-state index in [1.54, 1.807) is 0 Å². The van der Waals surface area contributed by atoms with E-state index in [0.717, 1.165) is 24.2 Å². The van der Waals surface area contributed by atoms with Crippen molar-refractivity contribution in [2.24, 2.45) is 18.9 Å². The van der Waals surface area contributed by atoms with Gasteiger partial charge in [0.25, 0.3) is 0 Å². The number of nitrogens with one attached hydrogen (secondary N) is 1. The van der Waals surface area contributed by atoms with Gasteiger partial charge in [-0.05, 0) is 24.7 Å². The van der Waals surface area contributed by atoms with E-state index in [4.69, 9.17) is 0 Å². The van der Waals surface area contributed by atoms with Crippen molar-refractivity contribution in [3.63, 3.8) is 0 Å². The Morgan fingerprint density at radius 1 is 1.47 bits per heavy atom. The van der Waals surface area contributed by atoms with Gasteiger partial charge < -0.3 is 9.88 Å². The second-order valence-corrected chi connectivity index (χ2v) is 4.86. The molecule has 0 spiro atoms. The van der Waals surface area contributed by atoms with E-state index in [9.17, 15) is 0 Å². The van der Waals surface area contributed by atoms with E-state index >= 15 is 0 Å². The van der Waals surface area contributed by atoms with Crippen molar-refractivity contribution in [1.82, 2.24) is 14.9 Å². The van der Waals surface area contributed by atoms with Crippen molar-refractivity contribution < 1.29 is 0 Å². The Kier molecular flexibility index (Phi) is 3.10. The number of aryl methyl sites for hydroxylation is 1. The van der Waals surface area contributed by atoms with Crippen molar-refractivity contribution >= 4 is 0 Å². The van der Waals surface area contributed by atoms with Gasteiger partial charge in [-0.1, -0.05) is 13.8 Å². The fraction of sp³-hybridized carbons (Fsp3) is 0.750. The summed E-state index contributed by atoms with van der Waals surface area (Å²) in [4.78, 5) is 4.32. The van der Waals surface area contributed by atoms with Crippen molar-refractivity contribution in [3.05, 3.63) is 18.2 Å². The van der Waals surface area contributed by atoms with Gasteiger partial charge in [-0.3, -0.25) is 0 Å². The number of nitrogens with zero attached hydrogens (tertiary/aromatic N) is 2. The smallest absolute Gasteiger partial charge is 0.122 e. The van der Waals surface area contributed by atoms with Crippen LogP contribution in [-0.2, 0) is 13.6 Å². The quantitative estimate of drug-likeness (QED) is 0.821.